The highest BCUT2D eigenvalue weighted by molar-refractivity contribution is 5.77. The van der Waals surface area contributed by atoms with Gasteiger partial charge in [-0.05, 0) is 62.4 Å². The molecule has 38 heavy (non-hydrogen) atoms. The van der Waals surface area contributed by atoms with Crippen LogP contribution in [0.3, 0.4) is 0 Å². The van der Waals surface area contributed by atoms with Gasteiger partial charge in [0.25, 0.3) is 0 Å². The lowest BCUT2D eigenvalue weighted by atomic mass is 10.2. The molecule has 0 bridgehead atoms. The van der Waals surface area contributed by atoms with Crippen LogP contribution in [-0.4, -0.2) is 67.8 Å². The number of hydrogen-bond donors (Lipinski definition) is 0. The monoisotopic (exact) mass is 519 g/mol. The summed E-state index contributed by atoms with van der Waals surface area (Å²) in [6.45, 7) is 6.06. The molecular formula is C27H27F2N7O2. The van der Waals surface area contributed by atoms with E-state index in [9.17, 15) is 13.6 Å². The number of nitrogens with zero attached hydrogens (tertiary/aromatic N) is 7. The Morgan fingerprint density at radius 2 is 1.55 bits per heavy atom. The fourth-order valence-corrected chi connectivity index (χ4v) is 4.21. The number of ether oxygens (including phenoxy) is 1. The lowest BCUT2D eigenvalue weighted by Crippen LogP contribution is -2.50. The molecule has 0 saturated carbocycles. The molecule has 0 spiro atoms. The van der Waals surface area contributed by atoms with Crippen LogP contribution in [0.4, 0.5) is 14.6 Å². The average molecular weight is 520 g/mol. The van der Waals surface area contributed by atoms with Crippen molar-refractivity contribution in [3.63, 3.8) is 0 Å². The van der Waals surface area contributed by atoms with E-state index in [0.29, 0.717) is 54.8 Å². The standard InChI is InChI=1S/C27H27F2N7O2/c1-18(2)38-24-15-23(30-17-31-24)34-11-13-35(14-12-34)25(37)16-36-27(20-5-9-22(29)10-6-20)32-26(33-36)19-3-7-21(28)8-4-19/h3-10,15,17-18H,11-14,16H2,1-2H3. The number of benzene rings is 2. The maximum Gasteiger partial charge on any atom is 0.244 e. The highest BCUT2D eigenvalue weighted by atomic mass is 19.1. The molecule has 0 N–H and O–H groups in total. The Morgan fingerprint density at radius 1 is 0.921 bits per heavy atom. The topological polar surface area (TPSA) is 89.3 Å². The minimum Gasteiger partial charge on any atom is -0.475 e. The van der Waals surface area contributed by atoms with Crippen molar-refractivity contribution in [3.8, 4) is 28.7 Å². The van der Waals surface area contributed by atoms with Gasteiger partial charge in [0.2, 0.25) is 11.8 Å². The van der Waals surface area contributed by atoms with Gasteiger partial charge in [0, 0.05) is 43.4 Å². The largest absolute Gasteiger partial charge is 0.475 e. The molecule has 1 saturated heterocycles. The van der Waals surface area contributed by atoms with Gasteiger partial charge in [0.05, 0.1) is 6.10 Å². The Morgan fingerprint density at radius 3 is 2.18 bits per heavy atom. The van der Waals surface area contributed by atoms with Crippen LogP contribution >= 0.6 is 0 Å². The first kappa shape index (κ1) is 25.2. The van der Waals surface area contributed by atoms with Gasteiger partial charge in [-0.2, -0.15) is 0 Å². The van der Waals surface area contributed by atoms with E-state index in [0.717, 1.165) is 5.82 Å². The zero-order chi connectivity index (χ0) is 26.6. The van der Waals surface area contributed by atoms with E-state index in [1.165, 1.54) is 35.3 Å². The van der Waals surface area contributed by atoms with E-state index in [-0.39, 0.29) is 30.2 Å². The molecule has 1 aliphatic rings. The second-order valence-corrected chi connectivity index (χ2v) is 9.18. The van der Waals surface area contributed by atoms with Crippen molar-refractivity contribution in [2.75, 3.05) is 31.1 Å². The van der Waals surface area contributed by atoms with Gasteiger partial charge < -0.3 is 14.5 Å². The molecule has 9 nitrogen and oxygen atoms in total. The van der Waals surface area contributed by atoms with E-state index in [1.54, 1.807) is 35.2 Å². The molecule has 0 aliphatic carbocycles. The third-order valence-corrected chi connectivity index (χ3v) is 6.10. The van der Waals surface area contributed by atoms with Crippen molar-refractivity contribution < 1.29 is 18.3 Å². The first-order valence-corrected chi connectivity index (χ1v) is 12.3. The molecule has 3 heterocycles. The van der Waals surface area contributed by atoms with E-state index < -0.39 is 0 Å². The Balaban J connectivity index is 1.31. The summed E-state index contributed by atoms with van der Waals surface area (Å²) in [7, 11) is 0. The number of piperazine rings is 1. The summed E-state index contributed by atoms with van der Waals surface area (Å²) in [5, 5.41) is 4.54. The second-order valence-electron chi connectivity index (χ2n) is 9.18. The van der Waals surface area contributed by atoms with Gasteiger partial charge in [-0.1, -0.05) is 0 Å². The van der Waals surface area contributed by atoms with Crippen LogP contribution in [0.1, 0.15) is 13.8 Å². The molecular weight excluding hydrogens is 492 g/mol. The summed E-state index contributed by atoms with van der Waals surface area (Å²) in [5.74, 6) is 1.18. The number of hydrogen-bond acceptors (Lipinski definition) is 7. The van der Waals surface area contributed by atoms with Crippen LogP contribution in [0.5, 0.6) is 5.88 Å². The van der Waals surface area contributed by atoms with Crippen molar-refractivity contribution in [1.29, 1.82) is 0 Å². The third kappa shape index (κ3) is 5.77. The lowest BCUT2D eigenvalue weighted by Gasteiger charge is -2.35. The fourth-order valence-electron chi connectivity index (χ4n) is 4.21. The normalized spacial score (nSPS) is 13.7. The third-order valence-electron chi connectivity index (χ3n) is 6.10. The number of carbonyl (C=O) groups excluding carboxylic acids is 1. The summed E-state index contributed by atoms with van der Waals surface area (Å²) in [5.41, 5.74) is 1.23. The van der Waals surface area contributed by atoms with Crippen LogP contribution in [0.2, 0.25) is 0 Å². The van der Waals surface area contributed by atoms with Crippen molar-refractivity contribution in [3.05, 3.63) is 72.6 Å². The number of aromatic nitrogens is 5. The van der Waals surface area contributed by atoms with Crippen molar-refractivity contribution in [2.24, 2.45) is 0 Å². The fraction of sp³-hybridized carbons (Fsp3) is 0.296. The van der Waals surface area contributed by atoms with Crippen molar-refractivity contribution in [1.82, 2.24) is 29.6 Å². The molecule has 0 radical (unpaired) electrons. The van der Waals surface area contributed by atoms with Crippen molar-refractivity contribution in [2.45, 2.75) is 26.5 Å². The van der Waals surface area contributed by atoms with E-state index in [2.05, 4.69) is 25.0 Å². The molecule has 0 unspecified atom stereocenters. The van der Waals surface area contributed by atoms with E-state index in [4.69, 9.17) is 4.74 Å². The summed E-state index contributed by atoms with van der Waals surface area (Å²) >= 11 is 0. The van der Waals surface area contributed by atoms with Gasteiger partial charge in [-0.3, -0.25) is 4.79 Å². The quantitative estimate of drug-likeness (QED) is 0.367. The lowest BCUT2D eigenvalue weighted by molar-refractivity contribution is -0.132. The zero-order valence-corrected chi connectivity index (χ0v) is 21.1. The molecule has 11 heteroatoms. The molecule has 2 aromatic carbocycles. The van der Waals surface area contributed by atoms with Gasteiger partial charge in [0.1, 0.15) is 30.3 Å². The number of amides is 1. The Kier molecular flexibility index (Phi) is 7.25. The van der Waals surface area contributed by atoms with E-state index in [1.807, 2.05) is 13.8 Å². The zero-order valence-electron chi connectivity index (χ0n) is 21.1. The molecule has 196 valence electrons. The Hall–Kier alpha value is -4.41. The maximum atomic E-state index is 13.5. The minimum atomic E-state index is -0.376. The SMILES string of the molecule is CC(C)Oc1cc(N2CCN(C(=O)Cn3nc(-c4ccc(F)cc4)nc3-c3ccc(F)cc3)CC2)ncn1. The predicted octanol–water partition coefficient (Wildman–Crippen LogP) is 3.82. The average Bonchev–Trinajstić information content (AvgIpc) is 3.33. The first-order chi connectivity index (χ1) is 18.4. The number of halogens is 2. The smallest absolute Gasteiger partial charge is 0.244 e. The molecule has 2 aromatic heterocycles. The van der Waals surface area contributed by atoms with Gasteiger partial charge in [0.15, 0.2) is 11.6 Å². The summed E-state index contributed by atoms with van der Waals surface area (Å²) in [4.78, 5) is 30.2. The number of carbonyl (C=O) groups is 1. The Bertz CT molecular complexity index is 1400. The Labute approximate surface area is 218 Å². The molecule has 1 amide bonds. The summed E-state index contributed by atoms with van der Waals surface area (Å²) < 4.78 is 34.1. The highest BCUT2D eigenvalue weighted by Gasteiger charge is 2.24. The first-order valence-electron chi connectivity index (χ1n) is 12.3. The maximum absolute atomic E-state index is 13.5. The molecule has 1 aliphatic heterocycles. The van der Waals surface area contributed by atoms with Crippen LogP contribution in [0.15, 0.2) is 60.9 Å². The van der Waals surface area contributed by atoms with Crippen LogP contribution in [0, 0.1) is 11.6 Å². The molecule has 0 atom stereocenters. The van der Waals surface area contributed by atoms with E-state index >= 15 is 0 Å². The predicted molar refractivity (Wildman–Crippen MR) is 137 cm³/mol. The number of anilines is 1. The van der Waals surface area contributed by atoms with Crippen LogP contribution in [-0.2, 0) is 11.3 Å². The molecule has 4 aromatic rings. The van der Waals surface area contributed by atoms with Gasteiger partial charge >= 0.3 is 0 Å². The van der Waals surface area contributed by atoms with Crippen LogP contribution < -0.4 is 9.64 Å². The number of rotatable bonds is 7. The van der Waals surface area contributed by atoms with Gasteiger partial charge in [-0.25, -0.2) is 28.4 Å². The summed E-state index contributed by atoms with van der Waals surface area (Å²) in [6, 6.07) is 13.5. The highest BCUT2D eigenvalue weighted by Crippen LogP contribution is 2.24. The minimum absolute atomic E-state index is 0.00683. The molecule has 5 rings (SSSR count). The molecule has 1 fully saturated rings. The second kappa shape index (κ2) is 10.9. The van der Waals surface area contributed by atoms with Crippen molar-refractivity contribution >= 4 is 11.7 Å². The van der Waals surface area contributed by atoms with Crippen LogP contribution in [0.25, 0.3) is 22.8 Å². The summed E-state index contributed by atoms with van der Waals surface area (Å²) in [6.07, 6.45) is 1.48. The van der Waals surface area contributed by atoms with Gasteiger partial charge in [-0.15, -0.1) is 5.10 Å².